The van der Waals surface area contributed by atoms with Crippen molar-refractivity contribution in [2.24, 2.45) is 0 Å². The van der Waals surface area contributed by atoms with Gasteiger partial charge in [0.05, 0.1) is 11.2 Å². The summed E-state index contributed by atoms with van der Waals surface area (Å²) in [5.41, 5.74) is 1.21. The van der Waals surface area contributed by atoms with Crippen molar-refractivity contribution >= 4 is 18.5 Å². The first-order valence-corrected chi connectivity index (χ1v) is 7.68. The number of hydrogen-bond acceptors (Lipinski definition) is 6. The molecule has 2 aromatic rings. The topological polar surface area (TPSA) is 69.2 Å². The first-order valence-electron chi connectivity index (χ1n) is 7.68. The van der Waals surface area contributed by atoms with Gasteiger partial charge in [-0.15, -0.1) is 0 Å². The molecule has 120 valence electrons. The molecule has 6 nitrogen and oxygen atoms in total. The van der Waals surface area contributed by atoms with Gasteiger partial charge in [-0.05, 0) is 45.4 Å². The summed E-state index contributed by atoms with van der Waals surface area (Å²) in [5, 5.41) is 3.18. The highest BCUT2D eigenvalue weighted by Crippen LogP contribution is 2.36. The minimum atomic E-state index is -0.436. The van der Waals surface area contributed by atoms with Crippen LogP contribution in [0.4, 0.5) is 5.95 Å². The number of aromatic nitrogens is 3. The summed E-state index contributed by atoms with van der Waals surface area (Å²) < 4.78 is 12.0. The van der Waals surface area contributed by atoms with E-state index in [4.69, 9.17) is 9.31 Å². The van der Waals surface area contributed by atoms with Gasteiger partial charge in [-0.3, -0.25) is 4.98 Å². The lowest BCUT2D eigenvalue weighted by Gasteiger charge is -2.32. The first-order chi connectivity index (χ1) is 10.9. The molecule has 7 heteroatoms. The van der Waals surface area contributed by atoms with Crippen LogP contribution in [0.25, 0.3) is 0 Å². The molecule has 1 fully saturated rings. The van der Waals surface area contributed by atoms with Gasteiger partial charge in [0.25, 0.3) is 0 Å². The number of anilines is 1. The SMILES string of the molecule is CC1(C)OB(c2cnc(NCc3ccncc3)nc2)OC1(C)C. The maximum Gasteiger partial charge on any atom is 0.498 e. The molecule has 1 N–H and O–H groups in total. The summed E-state index contributed by atoms with van der Waals surface area (Å²) >= 11 is 0. The van der Waals surface area contributed by atoms with Crippen LogP contribution in [-0.2, 0) is 15.9 Å². The number of hydrogen-bond donors (Lipinski definition) is 1. The number of pyridine rings is 1. The van der Waals surface area contributed by atoms with Crippen molar-refractivity contribution in [1.29, 1.82) is 0 Å². The van der Waals surface area contributed by atoms with Crippen LogP contribution in [0, 0.1) is 0 Å². The maximum absolute atomic E-state index is 5.99. The Morgan fingerprint density at radius 3 is 2.13 bits per heavy atom. The van der Waals surface area contributed by atoms with E-state index in [-0.39, 0.29) is 11.2 Å². The zero-order valence-corrected chi connectivity index (χ0v) is 13.9. The van der Waals surface area contributed by atoms with Gasteiger partial charge in [-0.25, -0.2) is 9.97 Å². The quantitative estimate of drug-likeness (QED) is 0.868. The fourth-order valence-electron chi connectivity index (χ4n) is 2.21. The van der Waals surface area contributed by atoms with Crippen LogP contribution in [-0.4, -0.2) is 33.3 Å². The van der Waals surface area contributed by atoms with E-state index in [1.807, 2.05) is 39.8 Å². The van der Waals surface area contributed by atoms with Gasteiger partial charge in [-0.2, -0.15) is 0 Å². The lowest BCUT2D eigenvalue weighted by Crippen LogP contribution is -2.41. The molecule has 0 atom stereocenters. The first kappa shape index (κ1) is 15.9. The molecule has 0 saturated carbocycles. The molecule has 1 saturated heterocycles. The second-order valence-corrected chi connectivity index (χ2v) is 6.64. The Hall–Kier alpha value is -1.99. The van der Waals surface area contributed by atoms with Crippen LogP contribution in [0.3, 0.4) is 0 Å². The molecule has 0 radical (unpaired) electrons. The highest BCUT2D eigenvalue weighted by atomic mass is 16.7. The van der Waals surface area contributed by atoms with Crippen LogP contribution in [0.2, 0.25) is 0 Å². The molecule has 0 unspecified atom stereocenters. The predicted molar refractivity (Wildman–Crippen MR) is 89.3 cm³/mol. The van der Waals surface area contributed by atoms with E-state index in [0.29, 0.717) is 12.5 Å². The van der Waals surface area contributed by atoms with Crippen LogP contribution in [0.5, 0.6) is 0 Å². The van der Waals surface area contributed by atoms with E-state index in [1.165, 1.54) is 0 Å². The van der Waals surface area contributed by atoms with Crippen molar-refractivity contribution in [1.82, 2.24) is 15.0 Å². The molecular formula is C16H21BN4O2. The van der Waals surface area contributed by atoms with Crippen molar-refractivity contribution in [3.63, 3.8) is 0 Å². The van der Waals surface area contributed by atoms with Gasteiger partial charge < -0.3 is 14.6 Å². The average Bonchev–Trinajstić information content (AvgIpc) is 2.75. The standard InChI is InChI=1S/C16H21BN4O2/c1-15(2)16(3,4)23-17(22-15)13-10-20-14(21-11-13)19-9-12-5-7-18-8-6-12/h5-8,10-11H,9H2,1-4H3,(H,19,20,21). The van der Waals surface area contributed by atoms with E-state index in [0.717, 1.165) is 11.0 Å². The zero-order chi connectivity index (χ0) is 16.5. The molecule has 3 heterocycles. The van der Waals surface area contributed by atoms with E-state index in [9.17, 15) is 0 Å². The van der Waals surface area contributed by atoms with Crippen molar-refractivity contribution in [2.45, 2.75) is 45.4 Å². The van der Waals surface area contributed by atoms with Crippen molar-refractivity contribution in [3.05, 3.63) is 42.5 Å². The third-order valence-corrected chi connectivity index (χ3v) is 4.40. The normalized spacial score (nSPS) is 18.9. The minimum Gasteiger partial charge on any atom is -0.399 e. The van der Waals surface area contributed by atoms with Gasteiger partial charge in [0.15, 0.2) is 0 Å². The molecule has 0 amide bonds. The predicted octanol–water partition coefficient (Wildman–Crippen LogP) is 1.78. The Morgan fingerprint density at radius 1 is 1.00 bits per heavy atom. The molecule has 3 rings (SSSR count). The smallest absolute Gasteiger partial charge is 0.399 e. The van der Waals surface area contributed by atoms with E-state index in [2.05, 4.69) is 20.3 Å². The Bertz CT molecular complexity index is 646. The fraction of sp³-hybridized carbons (Fsp3) is 0.438. The fourth-order valence-corrected chi connectivity index (χ4v) is 2.21. The summed E-state index contributed by atoms with van der Waals surface area (Å²) in [6.45, 7) is 8.76. The van der Waals surface area contributed by atoms with Crippen molar-refractivity contribution < 1.29 is 9.31 Å². The van der Waals surface area contributed by atoms with Gasteiger partial charge >= 0.3 is 7.12 Å². The number of rotatable bonds is 4. The molecule has 0 aromatic carbocycles. The Balaban J connectivity index is 1.64. The summed E-state index contributed by atoms with van der Waals surface area (Å²) in [6, 6.07) is 3.90. The largest absolute Gasteiger partial charge is 0.498 e. The summed E-state index contributed by atoms with van der Waals surface area (Å²) in [4.78, 5) is 12.7. The molecule has 0 aliphatic carbocycles. The summed E-state index contributed by atoms with van der Waals surface area (Å²) in [5.74, 6) is 0.571. The van der Waals surface area contributed by atoms with Crippen LogP contribution in [0.15, 0.2) is 36.9 Å². The van der Waals surface area contributed by atoms with Gasteiger partial charge in [0.2, 0.25) is 5.95 Å². The van der Waals surface area contributed by atoms with Crippen LogP contribution < -0.4 is 10.8 Å². The van der Waals surface area contributed by atoms with Crippen LogP contribution in [0.1, 0.15) is 33.3 Å². The van der Waals surface area contributed by atoms with E-state index >= 15 is 0 Å². The summed E-state index contributed by atoms with van der Waals surface area (Å²) in [6.07, 6.45) is 7.01. The monoisotopic (exact) mass is 312 g/mol. The minimum absolute atomic E-state index is 0.365. The van der Waals surface area contributed by atoms with Gasteiger partial charge in [0.1, 0.15) is 0 Å². The molecule has 1 aliphatic heterocycles. The van der Waals surface area contributed by atoms with Crippen molar-refractivity contribution in [2.75, 3.05) is 5.32 Å². The summed E-state index contributed by atoms with van der Waals surface area (Å²) in [7, 11) is -0.436. The molecule has 1 aliphatic rings. The van der Waals surface area contributed by atoms with Crippen molar-refractivity contribution in [3.8, 4) is 0 Å². The second-order valence-electron chi connectivity index (χ2n) is 6.64. The van der Waals surface area contributed by atoms with E-state index < -0.39 is 7.12 Å². The van der Waals surface area contributed by atoms with Crippen LogP contribution >= 0.6 is 0 Å². The number of nitrogens with zero attached hydrogens (tertiary/aromatic N) is 3. The molecular weight excluding hydrogens is 291 g/mol. The Kier molecular flexibility index (Phi) is 4.08. The molecule has 23 heavy (non-hydrogen) atoms. The zero-order valence-electron chi connectivity index (χ0n) is 13.9. The second kappa shape index (κ2) is 5.90. The van der Waals surface area contributed by atoms with E-state index in [1.54, 1.807) is 24.8 Å². The lowest BCUT2D eigenvalue weighted by atomic mass is 9.81. The third kappa shape index (κ3) is 3.35. The maximum atomic E-state index is 5.99. The number of nitrogens with one attached hydrogen (secondary N) is 1. The Labute approximate surface area is 136 Å². The van der Waals surface area contributed by atoms with Gasteiger partial charge in [-0.1, -0.05) is 0 Å². The molecule has 0 spiro atoms. The molecule has 2 aromatic heterocycles. The lowest BCUT2D eigenvalue weighted by molar-refractivity contribution is 0.00578. The average molecular weight is 312 g/mol. The highest BCUT2D eigenvalue weighted by molar-refractivity contribution is 6.61. The Morgan fingerprint density at radius 2 is 1.57 bits per heavy atom. The molecule has 0 bridgehead atoms. The highest BCUT2D eigenvalue weighted by Gasteiger charge is 2.51. The van der Waals surface area contributed by atoms with Gasteiger partial charge in [0, 0.05) is 36.8 Å². The third-order valence-electron chi connectivity index (χ3n) is 4.40.